The molecule has 0 aliphatic carbocycles. The summed E-state index contributed by atoms with van der Waals surface area (Å²) in [6.45, 7) is 24.5. The number of benzene rings is 1. The second-order valence-corrected chi connectivity index (χ2v) is 22.5. The number of amides is 1. The number of nitrogens with zero attached hydrogens (tertiary/aromatic N) is 2. The van der Waals surface area contributed by atoms with Crippen molar-refractivity contribution in [3.05, 3.63) is 29.3 Å². The van der Waals surface area contributed by atoms with Crippen LogP contribution in [0.3, 0.4) is 0 Å². The van der Waals surface area contributed by atoms with E-state index in [4.69, 9.17) is 4.53 Å². The van der Waals surface area contributed by atoms with Gasteiger partial charge in [0.1, 0.15) is 0 Å². The molecule has 1 heterocycles. The van der Waals surface area contributed by atoms with Gasteiger partial charge in [0.25, 0.3) is 14.2 Å². The minimum Gasteiger partial charge on any atom is -0.454 e. The summed E-state index contributed by atoms with van der Waals surface area (Å²) in [4.78, 5) is 13.8. The van der Waals surface area contributed by atoms with Gasteiger partial charge in [-0.1, -0.05) is 98.5 Å². The molecule has 0 unspecified atom stereocenters. The van der Waals surface area contributed by atoms with Gasteiger partial charge in [0.15, 0.2) is 13.9 Å². The first-order chi connectivity index (χ1) is 15.0. The van der Waals surface area contributed by atoms with E-state index in [0.717, 1.165) is 17.7 Å². The van der Waals surface area contributed by atoms with Crippen molar-refractivity contribution in [3.63, 3.8) is 0 Å². The van der Waals surface area contributed by atoms with Crippen LogP contribution in [0.4, 0.5) is 5.69 Å². The predicted molar refractivity (Wildman–Crippen MR) is 148 cm³/mol. The molecular weight excluding hydrogens is 440 g/mol. The number of unbranched alkanes of at least 4 members (excludes halogenated alkanes) is 4. The fourth-order valence-corrected chi connectivity index (χ4v) is 6.34. The van der Waals surface area contributed by atoms with E-state index in [0.29, 0.717) is 5.71 Å². The van der Waals surface area contributed by atoms with E-state index < -0.39 is 16.6 Å². The highest BCUT2D eigenvalue weighted by Crippen LogP contribution is 2.45. The Hall–Kier alpha value is -1.41. The average molecular weight is 489 g/mol. The maximum Gasteiger partial charge on any atom is 0.286 e. The molecule has 1 aliphatic rings. The van der Waals surface area contributed by atoms with Crippen LogP contribution in [0.2, 0.25) is 36.3 Å². The molecule has 0 atom stereocenters. The number of fused-ring (bicyclic) bond motifs is 1. The third-order valence-corrected chi connectivity index (χ3v) is 17.5. The van der Waals surface area contributed by atoms with E-state index in [9.17, 15) is 4.79 Å². The molecule has 0 saturated heterocycles. The predicted octanol–water partition coefficient (Wildman–Crippen LogP) is 8.28. The van der Waals surface area contributed by atoms with Crippen LogP contribution in [-0.2, 0) is 15.7 Å². The van der Waals surface area contributed by atoms with E-state index in [1.54, 1.807) is 0 Å². The molecule has 2 rings (SSSR count). The lowest BCUT2D eigenvalue weighted by molar-refractivity contribution is -0.111. The Morgan fingerprint density at radius 3 is 2.06 bits per heavy atom. The van der Waals surface area contributed by atoms with Crippen LogP contribution < -0.4 is 4.57 Å². The van der Waals surface area contributed by atoms with Crippen molar-refractivity contribution in [1.82, 2.24) is 0 Å². The maximum atomic E-state index is 13.8. The van der Waals surface area contributed by atoms with Crippen LogP contribution in [0.25, 0.3) is 0 Å². The molecule has 0 fully saturated rings. The molecular formula is C27H48N2O2Si2. The molecule has 0 aromatic heterocycles. The fraction of sp³-hybridized carbons (Fsp3) is 0.704. The Labute approximate surface area is 205 Å². The fourth-order valence-electron chi connectivity index (χ4n) is 3.66. The van der Waals surface area contributed by atoms with E-state index in [1.165, 1.54) is 37.7 Å². The Morgan fingerprint density at radius 1 is 0.909 bits per heavy atom. The molecule has 1 aromatic carbocycles. The second kappa shape index (κ2) is 10.1. The average Bonchev–Trinajstić information content (AvgIpc) is 2.95. The van der Waals surface area contributed by atoms with Gasteiger partial charge >= 0.3 is 0 Å². The van der Waals surface area contributed by atoms with Gasteiger partial charge in [0.2, 0.25) is 0 Å². The molecule has 1 aromatic rings. The molecule has 0 saturated carbocycles. The molecule has 4 nitrogen and oxygen atoms in total. The monoisotopic (exact) mass is 488 g/mol. The van der Waals surface area contributed by atoms with E-state index in [-0.39, 0.29) is 16.0 Å². The van der Waals surface area contributed by atoms with Crippen LogP contribution in [0.15, 0.2) is 23.4 Å². The number of carbonyl (C=O) groups excluding carboxylic acids is 1. The molecule has 186 valence electrons. The lowest BCUT2D eigenvalue weighted by Crippen LogP contribution is -2.57. The first kappa shape index (κ1) is 27.8. The van der Waals surface area contributed by atoms with E-state index in [2.05, 4.69) is 103 Å². The number of oxime groups is 1. The normalized spacial score (nSPS) is 16.5. The highest BCUT2D eigenvalue weighted by Gasteiger charge is 2.50. The van der Waals surface area contributed by atoms with Crippen molar-refractivity contribution in [2.45, 2.75) is 123 Å². The van der Waals surface area contributed by atoms with Crippen LogP contribution in [0, 0.1) is 0 Å². The Morgan fingerprint density at radius 2 is 1.52 bits per heavy atom. The zero-order valence-electron chi connectivity index (χ0n) is 23.2. The summed E-state index contributed by atoms with van der Waals surface area (Å²) in [5, 5.41) is 4.66. The summed E-state index contributed by atoms with van der Waals surface area (Å²) in [6, 6.07) is 6.57. The number of hydrogen-bond donors (Lipinski definition) is 0. The Kier molecular flexibility index (Phi) is 8.49. The molecule has 1 amide bonds. The minimum absolute atomic E-state index is 0.00963. The third kappa shape index (κ3) is 6.00. The van der Waals surface area contributed by atoms with Crippen LogP contribution >= 0.6 is 0 Å². The summed E-state index contributed by atoms with van der Waals surface area (Å²) in [7, 11) is -4.26. The molecule has 0 spiro atoms. The van der Waals surface area contributed by atoms with Crippen molar-refractivity contribution in [2.75, 3.05) is 4.57 Å². The van der Waals surface area contributed by atoms with Crippen LogP contribution in [-0.4, -0.2) is 28.2 Å². The molecule has 0 bridgehead atoms. The standard InChI is InChI=1S/C27H48N2O2Si2/c1-12-13-14-15-16-17-21-18-19-23-22(20-21)24(28-31-33(10,11)27(5,6)7)25(30)29(23)32(8,9)26(2,3)4/h18-20H,12-17H2,1-11H3/b28-24-. The number of aryl methyl sites for hydroxylation is 1. The van der Waals surface area contributed by atoms with Gasteiger partial charge in [-0.05, 0) is 53.7 Å². The number of carbonyl (C=O) groups is 1. The smallest absolute Gasteiger partial charge is 0.286 e. The lowest BCUT2D eigenvalue weighted by atomic mass is 10.0. The van der Waals surface area contributed by atoms with Gasteiger partial charge in [-0.3, -0.25) is 4.79 Å². The van der Waals surface area contributed by atoms with Gasteiger partial charge in [-0.2, -0.15) is 0 Å². The number of anilines is 1. The van der Waals surface area contributed by atoms with Gasteiger partial charge in [0.05, 0.1) is 0 Å². The number of rotatable bonds is 9. The second-order valence-electron chi connectivity index (χ2n) is 12.8. The summed E-state index contributed by atoms with van der Waals surface area (Å²) >= 11 is 0. The first-order valence-electron chi connectivity index (χ1n) is 12.8. The van der Waals surface area contributed by atoms with Crippen LogP contribution in [0.5, 0.6) is 0 Å². The molecule has 33 heavy (non-hydrogen) atoms. The van der Waals surface area contributed by atoms with Crippen molar-refractivity contribution < 1.29 is 9.32 Å². The van der Waals surface area contributed by atoms with Gasteiger partial charge in [0, 0.05) is 11.3 Å². The highest BCUT2D eigenvalue weighted by molar-refractivity contribution is 6.90. The van der Waals surface area contributed by atoms with E-state index in [1.807, 2.05) is 0 Å². The summed E-state index contributed by atoms with van der Waals surface area (Å²) in [6.07, 6.45) is 7.36. The molecule has 0 N–H and O–H groups in total. The van der Waals surface area contributed by atoms with Crippen LogP contribution in [0.1, 0.15) is 91.7 Å². The van der Waals surface area contributed by atoms with Crippen molar-refractivity contribution >= 4 is 33.9 Å². The Bertz CT molecular complexity index is 877. The largest absolute Gasteiger partial charge is 0.454 e. The summed E-state index contributed by atoms with van der Waals surface area (Å²) in [5.41, 5.74) is 3.75. The van der Waals surface area contributed by atoms with Gasteiger partial charge < -0.3 is 9.09 Å². The molecule has 1 aliphatic heterocycles. The molecule has 6 heteroatoms. The third-order valence-electron chi connectivity index (χ3n) is 8.10. The quantitative estimate of drug-likeness (QED) is 0.199. The number of hydrogen-bond acceptors (Lipinski definition) is 3. The highest BCUT2D eigenvalue weighted by atomic mass is 28.4. The Balaban J connectivity index is 2.47. The van der Waals surface area contributed by atoms with Gasteiger partial charge in [-0.15, -0.1) is 0 Å². The minimum atomic E-state index is -2.14. The summed E-state index contributed by atoms with van der Waals surface area (Å²) < 4.78 is 8.30. The zero-order chi connectivity index (χ0) is 25.2. The van der Waals surface area contributed by atoms with Crippen molar-refractivity contribution in [2.24, 2.45) is 5.16 Å². The first-order valence-corrected chi connectivity index (χ1v) is 18.6. The summed E-state index contributed by atoms with van der Waals surface area (Å²) in [5.74, 6) is 0.00963. The SMILES string of the molecule is CCCCCCCc1ccc2c(c1)/C(=N/O[Si](C)(C)C(C)(C)C)C(=O)N2[Si](C)(C)C(C)(C)C. The maximum absolute atomic E-state index is 13.8. The van der Waals surface area contributed by atoms with E-state index >= 15 is 0 Å². The molecule has 0 radical (unpaired) electrons. The van der Waals surface area contributed by atoms with Crippen molar-refractivity contribution in [1.29, 1.82) is 0 Å². The topological polar surface area (TPSA) is 41.9 Å². The van der Waals surface area contributed by atoms with Crippen molar-refractivity contribution in [3.8, 4) is 0 Å². The lowest BCUT2D eigenvalue weighted by Gasteiger charge is -2.43. The zero-order valence-corrected chi connectivity index (χ0v) is 25.2. The van der Waals surface area contributed by atoms with Gasteiger partial charge in [-0.25, -0.2) is 0 Å².